The van der Waals surface area contributed by atoms with Crippen LogP contribution >= 0.6 is 0 Å². The number of rotatable bonds is 1. The Balaban J connectivity index is 1.59. The molecule has 0 saturated carbocycles. The zero-order valence-corrected chi connectivity index (χ0v) is 11.7. The van der Waals surface area contributed by atoms with Crippen LogP contribution in [0, 0.1) is 11.8 Å². The van der Waals surface area contributed by atoms with Crippen LogP contribution in [0.4, 0.5) is 0 Å². The second kappa shape index (κ2) is 4.35. The molecule has 2 aliphatic rings. The number of nitrogens with zero attached hydrogens (tertiary/aromatic N) is 2. The number of hydrogen-bond donors (Lipinski definition) is 1. The zero-order valence-electron chi connectivity index (χ0n) is 11.7. The average molecular weight is 269 g/mol. The first-order valence-electron chi connectivity index (χ1n) is 7.26. The third-order valence-corrected chi connectivity index (χ3v) is 4.78. The Morgan fingerprint density at radius 3 is 2.60 bits per heavy atom. The van der Waals surface area contributed by atoms with Gasteiger partial charge in [-0.3, -0.25) is 4.79 Å². The van der Waals surface area contributed by atoms with Crippen LogP contribution in [0.25, 0.3) is 10.9 Å². The first-order valence-corrected chi connectivity index (χ1v) is 7.26. The summed E-state index contributed by atoms with van der Waals surface area (Å²) in [4.78, 5) is 20.3. The van der Waals surface area contributed by atoms with Crippen molar-refractivity contribution in [3.63, 3.8) is 0 Å². The Bertz CT molecular complexity index is 649. The van der Waals surface area contributed by atoms with E-state index in [1.165, 1.54) is 0 Å². The van der Waals surface area contributed by atoms with Gasteiger partial charge in [0.25, 0.3) is 5.91 Å². The van der Waals surface area contributed by atoms with Crippen LogP contribution in [0.15, 0.2) is 30.5 Å². The number of para-hydroxylation sites is 1. The molecule has 2 atom stereocenters. The summed E-state index contributed by atoms with van der Waals surface area (Å²) in [6.45, 7) is 4.07. The number of H-pyrrole nitrogens is 1. The standard InChI is InChI=1S/C16H19N3O/c1-18-7-11-9-19(10-12(11)8-18)16(20)14-6-17-15-5-3-2-4-13(14)15/h2-6,11-12,17H,7-10H2,1H3. The lowest BCUT2D eigenvalue weighted by atomic mass is 10.0. The molecule has 1 aromatic carbocycles. The normalized spacial score (nSPS) is 26.4. The summed E-state index contributed by atoms with van der Waals surface area (Å²) in [5, 5.41) is 1.03. The van der Waals surface area contributed by atoms with Crippen LogP contribution in [-0.2, 0) is 0 Å². The molecule has 4 nitrogen and oxygen atoms in total. The molecule has 0 bridgehead atoms. The Hall–Kier alpha value is -1.81. The van der Waals surface area contributed by atoms with E-state index in [9.17, 15) is 4.79 Å². The maximum absolute atomic E-state index is 12.7. The number of aromatic amines is 1. The van der Waals surface area contributed by atoms with Crippen molar-refractivity contribution >= 4 is 16.8 Å². The van der Waals surface area contributed by atoms with Gasteiger partial charge >= 0.3 is 0 Å². The summed E-state index contributed by atoms with van der Waals surface area (Å²) in [7, 11) is 2.17. The van der Waals surface area contributed by atoms with E-state index in [0.29, 0.717) is 11.8 Å². The number of aromatic nitrogens is 1. The van der Waals surface area contributed by atoms with E-state index in [4.69, 9.17) is 0 Å². The van der Waals surface area contributed by atoms with Gasteiger partial charge in [-0.2, -0.15) is 0 Å². The van der Waals surface area contributed by atoms with E-state index in [2.05, 4.69) is 16.9 Å². The van der Waals surface area contributed by atoms with Gasteiger partial charge in [-0.05, 0) is 24.9 Å². The highest BCUT2D eigenvalue weighted by Gasteiger charge is 2.40. The highest BCUT2D eigenvalue weighted by Crippen LogP contribution is 2.31. The van der Waals surface area contributed by atoms with E-state index in [0.717, 1.165) is 42.6 Å². The summed E-state index contributed by atoms with van der Waals surface area (Å²) in [6, 6.07) is 8.01. The van der Waals surface area contributed by atoms with Gasteiger partial charge in [-0.1, -0.05) is 18.2 Å². The minimum absolute atomic E-state index is 0.180. The molecule has 0 aliphatic carbocycles. The average Bonchev–Trinajstić information content (AvgIpc) is 3.09. The summed E-state index contributed by atoms with van der Waals surface area (Å²) in [6.07, 6.45) is 1.85. The van der Waals surface area contributed by atoms with E-state index in [1.54, 1.807) is 0 Å². The highest BCUT2D eigenvalue weighted by molar-refractivity contribution is 6.06. The lowest BCUT2D eigenvalue weighted by molar-refractivity contribution is 0.0778. The lowest BCUT2D eigenvalue weighted by Gasteiger charge is -2.19. The molecule has 20 heavy (non-hydrogen) atoms. The van der Waals surface area contributed by atoms with Crippen molar-refractivity contribution in [1.82, 2.24) is 14.8 Å². The summed E-state index contributed by atoms with van der Waals surface area (Å²) in [5.74, 6) is 1.50. The van der Waals surface area contributed by atoms with Crippen LogP contribution < -0.4 is 0 Å². The second-order valence-electron chi connectivity index (χ2n) is 6.20. The monoisotopic (exact) mass is 269 g/mol. The molecule has 0 radical (unpaired) electrons. The molecular weight excluding hydrogens is 250 g/mol. The summed E-state index contributed by atoms with van der Waals surface area (Å²) < 4.78 is 0. The summed E-state index contributed by atoms with van der Waals surface area (Å²) in [5.41, 5.74) is 1.85. The van der Waals surface area contributed by atoms with Crippen molar-refractivity contribution in [2.24, 2.45) is 11.8 Å². The van der Waals surface area contributed by atoms with Crippen LogP contribution in [0.3, 0.4) is 0 Å². The second-order valence-corrected chi connectivity index (χ2v) is 6.20. The molecule has 2 unspecified atom stereocenters. The topological polar surface area (TPSA) is 39.3 Å². The fourth-order valence-corrected chi connectivity index (χ4v) is 3.81. The number of nitrogens with one attached hydrogen (secondary N) is 1. The predicted octanol–water partition coefficient (Wildman–Crippen LogP) is 1.80. The molecular formula is C16H19N3O. The van der Waals surface area contributed by atoms with Gasteiger partial charge in [-0.15, -0.1) is 0 Å². The molecule has 1 N–H and O–H groups in total. The van der Waals surface area contributed by atoms with Gasteiger partial charge in [0.15, 0.2) is 0 Å². The van der Waals surface area contributed by atoms with E-state index in [1.807, 2.05) is 35.4 Å². The molecule has 1 amide bonds. The van der Waals surface area contributed by atoms with E-state index < -0.39 is 0 Å². The third-order valence-electron chi connectivity index (χ3n) is 4.78. The quantitative estimate of drug-likeness (QED) is 0.857. The Labute approximate surface area is 118 Å². The maximum Gasteiger partial charge on any atom is 0.256 e. The van der Waals surface area contributed by atoms with Crippen molar-refractivity contribution in [1.29, 1.82) is 0 Å². The molecule has 4 rings (SSSR count). The third kappa shape index (κ3) is 1.75. The Morgan fingerprint density at radius 1 is 1.15 bits per heavy atom. The van der Waals surface area contributed by atoms with Crippen molar-refractivity contribution in [3.8, 4) is 0 Å². The van der Waals surface area contributed by atoms with E-state index >= 15 is 0 Å². The highest BCUT2D eigenvalue weighted by atomic mass is 16.2. The fraction of sp³-hybridized carbons (Fsp3) is 0.438. The minimum Gasteiger partial charge on any atom is -0.360 e. The van der Waals surface area contributed by atoms with Gasteiger partial charge < -0.3 is 14.8 Å². The number of hydrogen-bond acceptors (Lipinski definition) is 2. The summed E-state index contributed by atoms with van der Waals surface area (Å²) >= 11 is 0. The molecule has 2 aromatic rings. The molecule has 2 aliphatic heterocycles. The molecule has 4 heteroatoms. The molecule has 2 saturated heterocycles. The number of fused-ring (bicyclic) bond motifs is 2. The zero-order chi connectivity index (χ0) is 13.7. The van der Waals surface area contributed by atoms with Gasteiger partial charge in [0, 0.05) is 43.3 Å². The SMILES string of the molecule is CN1CC2CN(C(=O)c3c[nH]c4ccccc34)CC2C1. The largest absolute Gasteiger partial charge is 0.360 e. The smallest absolute Gasteiger partial charge is 0.256 e. The molecule has 3 heterocycles. The molecule has 104 valence electrons. The Kier molecular flexibility index (Phi) is 2.60. The predicted molar refractivity (Wildman–Crippen MR) is 78.7 cm³/mol. The number of likely N-dealkylation sites (tertiary alicyclic amines) is 2. The minimum atomic E-state index is 0.180. The number of benzene rings is 1. The van der Waals surface area contributed by atoms with E-state index in [-0.39, 0.29) is 5.91 Å². The van der Waals surface area contributed by atoms with Crippen LogP contribution in [0.1, 0.15) is 10.4 Å². The molecule has 2 fully saturated rings. The van der Waals surface area contributed by atoms with Crippen LogP contribution in [-0.4, -0.2) is 53.9 Å². The van der Waals surface area contributed by atoms with Gasteiger partial charge in [0.1, 0.15) is 0 Å². The first kappa shape index (κ1) is 12.0. The number of amides is 1. The Morgan fingerprint density at radius 2 is 1.85 bits per heavy atom. The molecule has 0 spiro atoms. The number of carbonyl (C=O) groups excluding carboxylic acids is 1. The first-order chi connectivity index (χ1) is 9.72. The van der Waals surface area contributed by atoms with Crippen molar-refractivity contribution in [3.05, 3.63) is 36.0 Å². The fourth-order valence-electron chi connectivity index (χ4n) is 3.81. The molecule has 1 aromatic heterocycles. The van der Waals surface area contributed by atoms with Gasteiger partial charge in [0.05, 0.1) is 5.56 Å². The van der Waals surface area contributed by atoms with Crippen LogP contribution in [0.2, 0.25) is 0 Å². The van der Waals surface area contributed by atoms with Gasteiger partial charge in [-0.25, -0.2) is 0 Å². The van der Waals surface area contributed by atoms with Crippen molar-refractivity contribution < 1.29 is 4.79 Å². The van der Waals surface area contributed by atoms with Crippen LogP contribution in [0.5, 0.6) is 0 Å². The maximum atomic E-state index is 12.7. The van der Waals surface area contributed by atoms with Crippen molar-refractivity contribution in [2.75, 3.05) is 33.2 Å². The van der Waals surface area contributed by atoms with Crippen molar-refractivity contribution in [2.45, 2.75) is 0 Å². The van der Waals surface area contributed by atoms with Gasteiger partial charge in [0.2, 0.25) is 0 Å². The lowest BCUT2D eigenvalue weighted by Crippen LogP contribution is -2.32. The number of carbonyl (C=O) groups is 1.